The molecule has 0 aromatic heterocycles. The maximum Gasteiger partial charge on any atom is 0.220 e. The predicted octanol–water partition coefficient (Wildman–Crippen LogP) is 4.25. The van der Waals surface area contributed by atoms with Crippen molar-refractivity contribution in [2.45, 2.75) is 25.3 Å². The summed E-state index contributed by atoms with van der Waals surface area (Å²) in [6.07, 6.45) is 0.983. The van der Waals surface area contributed by atoms with E-state index in [0.29, 0.717) is 23.6 Å². The fourth-order valence-electron chi connectivity index (χ4n) is 2.77. The van der Waals surface area contributed by atoms with E-state index in [9.17, 15) is 14.0 Å². The molecular formula is C21H24ClFN2O2. The van der Waals surface area contributed by atoms with Crippen molar-refractivity contribution in [1.82, 2.24) is 10.2 Å². The van der Waals surface area contributed by atoms with Gasteiger partial charge >= 0.3 is 0 Å². The van der Waals surface area contributed by atoms with Gasteiger partial charge in [0.1, 0.15) is 5.82 Å². The minimum absolute atomic E-state index is 0.0343. The smallest absolute Gasteiger partial charge is 0.220 e. The van der Waals surface area contributed by atoms with Crippen molar-refractivity contribution in [2.75, 3.05) is 20.6 Å². The Morgan fingerprint density at radius 3 is 2.26 bits per heavy atom. The summed E-state index contributed by atoms with van der Waals surface area (Å²) < 4.78 is 12.9. The van der Waals surface area contributed by atoms with Crippen LogP contribution in [0.1, 0.15) is 41.2 Å². The lowest BCUT2D eigenvalue weighted by molar-refractivity contribution is -0.121. The number of rotatable bonds is 9. The van der Waals surface area contributed by atoms with Gasteiger partial charge in [-0.1, -0.05) is 23.7 Å². The van der Waals surface area contributed by atoms with Crippen molar-refractivity contribution < 1.29 is 14.0 Å². The van der Waals surface area contributed by atoms with Crippen LogP contribution in [0.4, 0.5) is 4.39 Å². The van der Waals surface area contributed by atoms with E-state index in [4.69, 9.17) is 11.6 Å². The average molecular weight is 391 g/mol. The number of amides is 1. The van der Waals surface area contributed by atoms with Crippen LogP contribution in [0.5, 0.6) is 0 Å². The van der Waals surface area contributed by atoms with E-state index in [1.54, 1.807) is 0 Å². The van der Waals surface area contributed by atoms with E-state index < -0.39 is 0 Å². The number of ketones is 1. The minimum Gasteiger partial charge on any atom is -0.354 e. The largest absolute Gasteiger partial charge is 0.354 e. The van der Waals surface area contributed by atoms with Gasteiger partial charge in [0.05, 0.1) is 6.04 Å². The van der Waals surface area contributed by atoms with Crippen LogP contribution in [-0.4, -0.2) is 37.2 Å². The third-order valence-corrected chi connectivity index (χ3v) is 4.60. The number of hydrogen-bond donors (Lipinski definition) is 1. The minimum atomic E-state index is -0.373. The number of carbonyl (C=O) groups excluding carboxylic acids is 2. The first kappa shape index (κ1) is 21.1. The quantitative estimate of drug-likeness (QED) is 0.651. The van der Waals surface area contributed by atoms with Gasteiger partial charge in [0, 0.05) is 30.0 Å². The molecule has 2 aromatic rings. The summed E-state index contributed by atoms with van der Waals surface area (Å²) in [5.41, 5.74) is 1.53. The molecule has 2 aromatic carbocycles. The normalized spacial score (nSPS) is 12.0. The number of likely N-dealkylation sites (N-methyl/N-ethyl adjacent to an activating group) is 1. The van der Waals surface area contributed by atoms with E-state index in [1.165, 1.54) is 24.3 Å². The van der Waals surface area contributed by atoms with E-state index in [0.717, 1.165) is 5.56 Å². The Morgan fingerprint density at radius 1 is 1.04 bits per heavy atom. The molecule has 0 saturated heterocycles. The van der Waals surface area contributed by atoms with Gasteiger partial charge in [0.15, 0.2) is 5.78 Å². The van der Waals surface area contributed by atoms with Crippen molar-refractivity contribution >= 4 is 23.3 Å². The molecule has 1 N–H and O–H groups in total. The third-order valence-electron chi connectivity index (χ3n) is 4.34. The molecule has 27 heavy (non-hydrogen) atoms. The van der Waals surface area contributed by atoms with Gasteiger partial charge in [-0.15, -0.1) is 0 Å². The highest BCUT2D eigenvalue weighted by Crippen LogP contribution is 2.20. The number of nitrogens with one attached hydrogen (secondary N) is 1. The predicted molar refractivity (Wildman–Crippen MR) is 105 cm³/mol. The summed E-state index contributed by atoms with van der Waals surface area (Å²) in [5, 5.41) is 3.60. The zero-order valence-corrected chi connectivity index (χ0v) is 16.3. The van der Waals surface area contributed by atoms with Gasteiger partial charge in [0.2, 0.25) is 5.91 Å². The first-order valence-electron chi connectivity index (χ1n) is 8.84. The number of halogens is 2. The highest BCUT2D eigenvalue weighted by atomic mass is 35.5. The molecule has 1 unspecified atom stereocenters. The summed E-state index contributed by atoms with van der Waals surface area (Å²) >= 11 is 5.93. The lowest BCUT2D eigenvalue weighted by Gasteiger charge is -2.25. The third kappa shape index (κ3) is 6.77. The summed E-state index contributed by atoms with van der Waals surface area (Å²) in [6.45, 7) is 0.472. The molecule has 0 saturated carbocycles. The highest BCUT2D eigenvalue weighted by Gasteiger charge is 2.15. The molecule has 6 heteroatoms. The summed E-state index contributed by atoms with van der Waals surface area (Å²) in [4.78, 5) is 26.2. The van der Waals surface area contributed by atoms with Crippen molar-refractivity contribution in [3.63, 3.8) is 0 Å². The molecule has 0 heterocycles. The maximum absolute atomic E-state index is 12.9. The average Bonchev–Trinajstić information content (AvgIpc) is 2.63. The first-order valence-corrected chi connectivity index (χ1v) is 9.22. The number of hydrogen-bond acceptors (Lipinski definition) is 3. The Hall–Kier alpha value is -2.24. The zero-order chi connectivity index (χ0) is 19.8. The first-order chi connectivity index (χ1) is 12.9. The number of Topliss-reactive ketones (excluding diaryl/α,β-unsaturated/α-hetero) is 1. The van der Waals surface area contributed by atoms with Crippen molar-refractivity contribution in [2.24, 2.45) is 0 Å². The maximum atomic E-state index is 12.9. The molecule has 0 bridgehead atoms. The fourth-order valence-corrected chi connectivity index (χ4v) is 2.90. The van der Waals surface area contributed by atoms with Crippen molar-refractivity contribution in [3.05, 3.63) is 70.5 Å². The van der Waals surface area contributed by atoms with Crippen LogP contribution in [0, 0.1) is 5.82 Å². The monoisotopic (exact) mass is 390 g/mol. The summed E-state index contributed by atoms with van der Waals surface area (Å²) in [6, 6.07) is 13.0. The topological polar surface area (TPSA) is 49.4 Å². The lowest BCUT2D eigenvalue weighted by Crippen LogP contribution is -2.34. The molecule has 4 nitrogen and oxygen atoms in total. The molecular weight excluding hydrogens is 367 g/mol. The highest BCUT2D eigenvalue weighted by molar-refractivity contribution is 6.30. The molecule has 0 aliphatic carbocycles. The lowest BCUT2D eigenvalue weighted by atomic mass is 10.0. The van der Waals surface area contributed by atoms with Gasteiger partial charge in [-0.25, -0.2) is 4.39 Å². The Labute approximate surface area is 164 Å². The second-order valence-electron chi connectivity index (χ2n) is 6.62. The molecule has 0 fully saturated rings. The van der Waals surface area contributed by atoms with Gasteiger partial charge < -0.3 is 10.2 Å². The van der Waals surface area contributed by atoms with Crippen LogP contribution >= 0.6 is 11.6 Å². The Balaban J connectivity index is 1.78. The molecule has 1 amide bonds. The van der Waals surface area contributed by atoms with Gasteiger partial charge in [-0.2, -0.15) is 0 Å². The van der Waals surface area contributed by atoms with Gasteiger partial charge in [-0.05, 0) is 62.5 Å². The van der Waals surface area contributed by atoms with E-state index in [-0.39, 0.29) is 36.4 Å². The van der Waals surface area contributed by atoms with Crippen LogP contribution in [0.2, 0.25) is 5.02 Å². The number of nitrogens with zero attached hydrogens (tertiary/aromatic N) is 1. The molecule has 0 radical (unpaired) electrons. The van der Waals surface area contributed by atoms with Gasteiger partial charge in [0.25, 0.3) is 0 Å². The SMILES string of the molecule is CN(C)C(CNC(=O)CCCC(=O)c1ccc(F)cc1)c1ccc(Cl)cc1. The van der Waals surface area contributed by atoms with E-state index >= 15 is 0 Å². The fraction of sp³-hybridized carbons (Fsp3) is 0.333. The second kappa shape index (κ2) is 10.2. The van der Waals surface area contributed by atoms with E-state index in [1.807, 2.05) is 43.3 Å². The summed E-state index contributed by atoms with van der Waals surface area (Å²) in [7, 11) is 3.90. The molecule has 144 valence electrons. The van der Waals surface area contributed by atoms with Crippen LogP contribution in [-0.2, 0) is 4.79 Å². The molecule has 0 aliphatic rings. The van der Waals surface area contributed by atoms with Crippen LogP contribution < -0.4 is 5.32 Å². The Morgan fingerprint density at radius 2 is 1.67 bits per heavy atom. The number of carbonyl (C=O) groups is 2. The Bertz CT molecular complexity index is 761. The zero-order valence-electron chi connectivity index (χ0n) is 15.5. The molecule has 0 spiro atoms. The van der Waals surface area contributed by atoms with Crippen molar-refractivity contribution in [1.29, 1.82) is 0 Å². The second-order valence-corrected chi connectivity index (χ2v) is 7.06. The van der Waals surface area contributed by atoms with Crippen LogP contribution in [0.15, 0.2) is 48.5 Å². The van der Waals surface area contributed by atoms with Crippen LogP contribution in [0.25, 0.3) is 0 Å². The number of benzene rings is 2. The summed E-state index contributed by atoms with van der Waals surface area (Å²) in [5.74, 6) is -0.556. The van der Waals surface area contributed by atoms with Gasteiger partial charge in [-0.3, -0.25) is 9.59 Å². The standard InChI is InChI=1S/C21H24ClFN2O2/c1-25(2)19(15-6-10-17(22)11-7-15)14-24-21(27)5-3-4-20(26)16-8-12-18(23)13-9-16/h6-13,19H,3-5,14H2,1-2H3,(H,24,27). The Kier molecular flexibility index (Phi) is 7.95. The molecule has 1 atom stereocenters. The van der Waals surface area contributed by atoms with Crippen LogP contribution in [0.3, 0.4) is 0 Å². The van der Waals surface area contributed by atoms with E-state index in [2.05, 4.69) is 5.32 Å². The van der Waals surface area contributed by atoms with Crippen molar-refractivity contribution in [3.8, 4) is 0 Å². The molecule has 0 aliphatic heterocycles. The molecule has 2 rings (SSSR count).